The molecule has 2 atom stereocenters. The fourth-order valence-corrected chi connectivity index (χ4v) is 1.75. The van der Waals surface area contributed by atoms with Gasteiger partial charge < -0.3 is 15.4 Å². The lowest BCUT2D eigenvalue weighted by atomic mass is 10.2. The van der Waals surface area contributed by atoms with Gasteiger partial charge in [0.2, 0.25) is 5.91 Å². The first kappa shape index (κ1) is 10.5. The quantitative estimate of drug-likeness (QED) is 0.622. The van der Waals surface area contributed by atoms with Crippen LogP contribution in [0.2, 0.25) is 0 Å². The van der Waals surface area contributed by atoms with Crippen LogP contribution in [-0.2, 0) is 9.53 Å². The van der Waals surface area contributed by atoms with Gasteiger partial charge in [-0.3, -0.25) is 4.79 Å². The summed E-state index contributed by atoms with van der Waals surface area (Å²) in [6.07, 6.45) is 0.878. The zero-order valence-electron chi connectivity index (χ0n) is 8.52. The molecular formula is C9H18N2O2. The first-order chi connectivity index (χ1) is 6.21. The van der Waals surface area contributed by atoms with Crippen LogP contribution in [0.3, 0.4) is 0 Å². The van der Waals surface area contributed by atoms with Gasteiger partial charge in [-0.15, -0.1) is 0 Å². The Hall–Kier alpha value is -0.610. The summed E-state index contributed by atoms with van der Waals surface area (Å²) in [4.78, 5) is 11.6. The Bertz CT molecular complexity index is 196. The summed E-state index contributed by atoms with van der Waals surface area (Å²) in [7, 11) is 3.49. The standard InChI is InChI=1S/C9H18N2O2/c1-4-11-8(12)9(10-2)5-7(9)6-13-3/h7,10H,4-6H2,1-3H3,(H,11,12)/t7-,9-/m1/s1. The van der Waals surface area contributed by atoms with Crippen molar-refractivity contribution in [1.29, 1.82) is 0 Å². The molecular weight excluding hydrogens is 168 g/mol. The van der Waals surface area contributed by atoms with E-state index in [1.54, 1.807) is 7.11 Å². The highest BCUT2D eigenvalue weighted by atomic mass is 16.5. The van der Waals surface area contributed by atoms with Gasteiger partial charge in [0.05, 0.1) is 6.61 Å². The molecule has 1 aliphatic rings. The van der Waals surface area contributed by atoms with Crippen molar-refractivity contribution in [1.82, 2.24) is 10.6 Å². The largest absolute Gasteiger partial charge is 0.384 e. The third-order valence-electron chi connectivity index (χ3n) is 2.66. The van der Waals surface area contributed by atoms with Crippen LogP contribution in [-0.4, -0.2) is 38.8 Å². The molecule has 4 heteroatoms. The Morgan fingerprint density at radius 1 is 1.69 bits per heavy atom. The second-order valence-electron chi connectivity index (χ2n) is 3.44. The van der Waals surface area contributed by atoms with E-state index >= 15 is 0 Å². The van der Waals surface area contributed by atoms with E-state index in [1.807, 2.05) is 14.0 Å². The summed E-state index contributed by atoms with van der Waals surface area (Å²) in [6.45, 7) is 3.26. The molecule has 0 aromatic heterocycles. The van der Waals surface area contributed by atoms with E-state index in [1.165, 1.54) is 0 Å². The van der Waals surface area contributed by atoms with Gasteiger partial charge in [0.25, 0.3) is 0 Å². The van der Waals surface area contributed by atoms with Crippen molar-refractivity contribution in [3.8, 4) is 0 Å². The molecule has 0 aromatic rings. The Kier molecular flexibility index (Phi) is 3.27. The molecule has 0 aliphatic heterocycles. The SMILES string of the molecule is CCNC(=O)[C@@]1(NC)C[C@@H]1COC. The number of carbonyl (C=O) groups is 1. The molecule has 76 valence electrons. The molecule has 1 fully saturated rings. The van der Waals surface area contributed by atoms with E-state index in [0.29, 0.717) is 19.1 Å². The smallest absolute Gasteiger partial charge is 0.240 e. The number of amides is 1. The van der Waals surface area contributed by atoms with Gasteiger partial charge >= 0.3 is 0 Å². The third-order valence-corrected chi connectivity index (χ3v) is 2.66. The molecule has 0 heterocycles. The molecule has 0 radical (unpaired) electrons. The Morgan fingerprint density at radius 2 is 2.38 bits per heavy atom. The minimum atomic E-state index is -0.355. The molecule has 1 rings (SSSR count). The van der Waals surface area contributed by atoms with E-state index < -0.39 is 0 Å². The van der Waals surface area contributed by atoms with Gasteiger partial charge in [-0.2, -0.15) is 0 Å². The summed E-state index contributed by atoms with van der Waals surface area (Å²) in [5, 5.41) is 5.91. The molecule has 0 spiro atoms. The predicted octanol–water partition coefficient (Wildman–Crippen LogP) is -0.253. The number of nitrogens with one attached hydrogen (secondary N) is 2. The van der Waals surface area contributed by atoms with Crippen LogP contribution in [0.15, 0.2) is 0 Å². The number of likely N-dealkylation sites (N-methyl/N-ethyl adjacent to an activating group) is 2. The second-order valence-corrected chi connectivity index (χ2v) is 3.44. The predicted molar refractivity (Wildman–Crippen MR) is 50.5 cm³/mol. The minimum Gasteiger partial charge on any atom is -0.384 e. The minimum absolute atomic E-state index is 0.0968. The first-order valence-electron chi connectivity index (χ1n) is 4.67. The molecule has 4 nitrogen and oxygen atoms in total. The molecule has 1 amide bonds. The third kappa shape index (κ3) is 1.84. The molecule has 0 aromatic carbocycles. The lowest BCUT2D eigenvalue weighted by molar-refractivity contribution is -0.124. The van der Waals surface area contributed by atoms with Gasteiger partial charge in [0, 0.05) is 19.6 Å². The van der Waals surface area contributed by atoms with Crippen LogP contribution in [0.1, 0.15) is 13.3 Å². The maximum Gasteiger partial charge on any atom is 0.240 e. The number of carbonyl (C=O) groups excluding carboxylic acids is 1. The van der Waals surface area contributed by atoms with Crippen molar-refractivity contribution in [3.05, 3.63) is 0 Å². The topological polar surface area (TPSA) is 50.4 Å². The van der Waals surface area contributed by atoms with E-state index in [0.717, 1.165) is 6.42 Å². The fourth-order valence-electron chi connectivity index (χ4n) is 1.75. The second kappa shape index (κ2) is 4.07. The Morgan fingerprint density at radius 3 is 2.85 bits per heavy atom. The highest BCUT2D eigenvalue weighted by molar-refractivity contribution is 5.90. The summed E-state index contributed by atoms with van der Waals surface area (Å²) in [5.74, 6) is 0.425. The molecule has 1 saturated carbocycles. The number of hydrogen-bond acceptors (Lipinski definition) is 3. The molecule has 1 aliphatic carbocycles. The van der Waals surface area contributed by atoms with Gasteiger partial charge in [-0.05, 0) is 20.4 Å². The van der Waals surface area contributed by atoms with E-state index in [9.17, 15) is 4.79 Å². The van der Waals surface area contributed by atoms with Crippen LogP contribution in [0.25, 0.3) is 0 Å². The van der Waals surface area contributed by atoms with Crippen LogP contribution in [0.4, 0.5) is 0 Å². The molecule has 0 bridgehead atoms. The number of hydrogen-bond donors (Lipinski definition) is 2. The lowest BCUT2D eigenvalue weighted by Crippen LogP contribution is -2.47. The van der Waals surface area contributed by atoms with Crippen molar-refractivity contribution < 1.29 is 9.53 Å². The number of rotatable bonds is 5. The monoisotopic (exact) mass is 186 g/mol. The van der Waals surface area contributed by atoms with Gasteiger partial charge in [0.1, 0.15) is 5.54 Å². The molecule has 0 unspecified atom stereocenters. The average Bonchev–Trinajstić information content (AvgIpc) is 2.81. The van der Waals surface area contributed by atoms with Gasteiger partial charge in [-0.25, -0.2) is 0 Å². The summed E-state index contributed by atoms with van der Waals surface area (Å²) in [5.41, 5.74) is -0.355. The number of methoxy groups -OCH3 is 1. The average molecular weight is 186 g/mol. The highest BCUT2D eigenvalue weighted by Gasteiger charge is 2.58. The maximum atomic E-state index is 11.6. The van der Waals surface area contributed by atoms with E-state index in [2.05, 4.69) is 10.6 Å². The van der Waals surface area contributed by atoms with Crippen molar-refractivity contribution in [2.24, 2.45) is 5.92 Å². The van der Waals surface area contributed by atoms with Crippen LogP contribution in [0, 0.1) is 5.92 Å². The van der Waals surface area contributed by atoms with Crippen molar-refractivity contribution in [2.75, 3.05) is 27.3 Å². The summed E-state index contributed by atoms with van der Waals surface area (Å²) >= 11 is 0. The zero-order valence-corrected chi connectivity index (χ0v) is 8.52. The van der Waals surface area contributed by atoms with Crippen LogP contribution >= 0.6 is 0 Å². The maximum absolute atomic E-state index is 11.6. The van der Waals surface area contributed by atoms with E-state index in [-0.39, 0.29) is 11.4 Å². The summed E-state index contributed by atoms with van der Waals surface area (Å²) < 4.78 is 5.03. The van der Waals surface area contributed by atoms with Crippen LogP contribution in [0.5, 0.6) is 0 Å². The molecule has 13 heavy (non-hydrogen) atoms. The number of ether oxygens (including phenoxy) is 1. The molecule has 2 N–H and O–H groups in total. The van der Waals surface area contributed by atoms with Gasteiger partial charge in [0.15, 0.2) is 0 Å². The van der Waals surface area contributed by atoms with Crippen molar-refractivity contribution in [3.63, 3.8) is 0 Å². The normalized spacial score (nSPS) is 31.5. The fraction of sp³-hybridized carbons (Fsp3) is 0.889. The zero-order chi connectivity index (χ0) is 9.90. The van der Waals surface area contributed by atoms with E-state index in [4.69, 9.17) is 4.74 Å². The van der Waals surface area contributed by atoms with Gasteiger partial charge in [-0.1, -0.05) is 0 Å². The summed E-state index contributed by atoms with van der Waals surface area (Å²) in [6, 6.07) is 0. The van der Waals surface area contributed by atoms with Crippen molar-refractivity contribution in [2.45, 2.75) is 18.9 Å². The van der Waals surface area contributed by atoms with Crippen LogP contribution < -0.4 is 10.6 Å². The van der Waals surface area contributed by atoms with Crippen molar-refractivity contribution >= 4 is 5.91 Å². The Labute approximate surface area is 79.0 Å². The highest BCUT2D eigenvalue weighted by Crippen LogP contribution is 2.43. The first-order valence-corrected chi connectivity index (χ1v) is 4.67. The molecule has 0 saturated heterocycles. The Balaban J connectivity index is 2.49. The lowest BCUT2D eigenvalue weighted by Gasteiger charge is -2.15.